The van der Waals surface area contributed by atoms with E-state index in [1.165, 1.54) is 18.4 Å². The van der Waals surface area contributed by atoms with Crippen molar-refractivity contribution in [2.75, 3.05) is 6.61 Å². The second-order valence-electron chi connectivity index (χ2n) is 4.81. The first kappa shape index (κ1) is 14.4. The van der Waals surface area contributed by atoms with Gasteiger partial charge in [0.15, 0.2) is 0 Å². The minimum atomic E-state index is -0.157. The molecule has 1 atom stereocenters. The molecule has 2 rings (SSSR count). The van der Waals surface area contributed by atoms with Gasteiger partial charge in [0.05, 0.1) is 6.61 Å². The molecule has 0 spiro atoms. The van der Waals surface area contributed by atoms with Gasteiger partial charge in [-0.05, 0) is 44.4 Å². The zero-order valence-corrected chi connectivity index (χ0v) is 12.3. The van der Waals surface area contributed by atoms with Crippen molar-refractivity contribution in [2.24, 2.45) is 0 Å². The summed E-state index contributed by atoms with van der Waals surface area (Å²) in [5.41, 5.74) is 1.29. The van der Waals surface area contributed by atoms with Crippen LogP contribution in [0.1, 0.15) is 32.3 Å². The van der Waals surface area contributed by atoms with Crippen molar-refractivity contribution in [3.63, 3.8) is 0 Å². The number of carbonyl (C=O) groups excluding carboxylic acids is 1. The average molecular weight is 279 g/mol. The van der Waals surface area contributed by atoms with E-state index in [2.05, 4.69) is 29.6 Å². The fourth-order valence-electron chi connectivity index (χ4n) is 1.75. The number of ether oxygens (including phenoxy) is 1. The Kier molecular flexibility index (Phi) is 5.28. The lowest BCUT2D eigenvalue weighted by Gasteiger charge is -2.10. The molecule has 0 heterocycles. The van der Waals surface area contributed by atoms with Crippen LogP contribution < -0.4 is 5.32 Å². The lowest BCUT2D eigenvalue weighted by atomic mass is 10.2. The molecule has 19 heavy (non-hydrogen) atoms. The molecule has 1 unspecified atom stereocenters. The van der Waals surface area contributed by atoms with Crippen LogP contribution >= 0.6 is 11.8 Å². The van der Waals surface area contributed by atoms with Crippen molar-refractivity contribution in [2.45, 2.75) is 49.4 Å². The summed E-state index contributed by atoms with van der Waals surface area (Å²) in [7, 11) is 0. The fraction of sp³-hybridized carbons (Fsp3) is 0.533. The highest BCUT2D eigenvalue weighted by Gasteiger charge is 2.20. The second-order valence-corrected chi connectivity index (χ2v) is 6.23. The lowest BCUT2D eigenvalue weighted by Crippen LogP contribution is -2.16. The third-order valence-electron chi connectivity index (χ3n) is 3.03. The zero-order valence-electron chi connectivity index (χ0n) is 11.5. The summed E-state index contributed by atoms with van der Waals surface area (Å²) in [5.74, 6) is -0.146. The Bertz CT molecular complexity index is 415. The van der Waals surface area contributed by atoms with Gasteiger partial charge in [-0.2, -0.15) is 0 Å². The number of thioether (sulfide) groups is 1. The minimum absolute atomic E-state index is 0.146. The molecule has 1 aromatic rings. The van der Waals surface area contributed by atoms with E-state index in [0.717, 1.165) is 17.5 Å². The molecular formula is C15H21NO2S. The van der Waals surface area contributed by atoms with Crippen LogP contribution in [0.4, 0.5) is 0 Å². The van der Waals surface area contributed by atoms with Crippen molar-refractivity contribution in [1.29, 1.82) is 0 Å². The quantitative estimate of drug-likeness (QED) is 0.615. The largest absolute Gasteiger partial charge is 0.465 e. The predicted molar refractivity (Wildman–Crippen MR) is 78.3 cm³/mol. The molecule has 4 heteroatoms. The van der Waals surface area contributed by atoms with Gasteiger partial charge in [0.1, 0.15) is 5.25 Å². The predicted octanol–water partition coefficient (Wildman–Crippen LogP) is 2.98. The molecule has 0 amide bonds. The molecule has 104 valence electrons. The van der Waals surface area contributed by atoms with E-state index in [1.807, 2.05) is 13.8 Å². The maximum Gasteiger partial charge on any atom is 0.319 e. The molecule has 0 aromatic heterocycles. The van der Waals surface area contributed by atoms with Crippen molar-refractivity contribution >= 4 is 17.7 Å². The molecular weight excluding hydrogens is 258 g/mol. The number of hydrogen-bond donors (Lipinski definition) is 1. The summed E-state index contributed by atoms with van der Waals surface area (Å²) < 4.78 is 5.00. The standard InChI is InChI=1S/C15H21NO2S/c1-3-18-15(17)11(2)19-14-8-4-12(5-9-14)10-16-13-6-7-13/h4-5,8-9,11,13,16H,3,6-7,10H2,1-2H3. The second kappa shape index (κ2) is 6.96. The van der Waals surface area contributed by atoms with Gasteiger partial charge < -0.3 is 10.1 Å². The average Bonchev–Trinajstić information content (AvgIpc) is 3.22. The van der Waals surface area contributed by atoms with Crippen molar-refractivity contribution in [3.8, 4) is 0 Å². The molecule has 0 saturated heterocycles. The van der Waals surface area contributed by atoms with E-state index in [1.54, 1.807) is 11.8 Å². The maximum atomic E-state index is 11.5. The monoisotopic (exact) mass is 279 g/mol. The van der Waals surface area contributed by atoms with Gasteiger partial charge in [0.25, 0.3) is 0 Å². The van der Waals surface area contributed by atoms with Gasteiger partial charge in [-0.1, -0.05) is 12.1 Å². The van der Waals surface area contributed by atoms with Gasteiger partial charge in [-0.15, -0.1) is 11.8 Å². The van der Waals surface area contributed by atoms with E-state index in [-0.39, 0.29) is 11.2 Å². The van der Waals surface area contributed by atoms with E-state index in [9.17, 15) is 4.79 Å². The fourth-order valence-corrected chi connectivity index (χ4v) is 2.61. The lowest BCUT2D eigenvalue weighted by molar-refractivity contribution is -0.142. The maximum absolute atomic E-state index is 11.5. The van der Waals surface area contributed by atoms with Crippen molar-refractivity contribution in [1.82, 2.24) is 5.32 Å². The van der Waals surface area contributed by atoms with Crippen LogP contribution in [0.2, 0.25) is 0 Å². The highest BCUT2D eigenvalue weighted by molar-refractivity contribution is 8.00. The van der Waals surface area contributed by atoms with E-state index >= 15 is 0 Å². The number of esters is 1. The highest BCUT2D eigenvalue weighted by Crippen LogP contribution is 2.25. The summed E-state index contributed by atoms with van der Waals surface area (Å²) in [6.45, 7) is 5.08. The summed E-state index contributed by atoms with van der Waals surface area (Å²) in [4.78, 5) is 12.7. The molecule has 1 aliphatic rings. The summed E-state index contributed by atoms with van der Waals surface area (Å²) in [6, 6.07) is 9.12. The number of hydrogen-bond acceptors (Lipinski definition) is 4. The first-order chi connectivity index (χ1) is 9.19. The molecule has 0 aliphatic heterocycles. The molecule has 3 nitrogen and oxygen atoms in total. The van der Waals surface area contributed by atoms with E-state index in [4.69, 9.17) is 4.74 Å². The molecule has 1 fully saturated rings. The number of nitrogens with one attached hydrogen (secondary N) is 1. The van der Waals surface area contributed by atoms with Crippen LogP contribution in [0.25, 0.3) is 0 Å². The van der Waals surface area contributed by atoms with Gasteiger partial charge in [0.2, 0.25) is 0 Å². The van der Waals surface area contributed by atoms with Crippen molar-refractivity contribution < 1.29 is 9.53 Å². The minimum Gasteiger partial charge on any atom is -0.465 e. The van der Waals surface area contributed by atoms with Gasteiger partial charge in [0, 0.05) is 17.5 Å². The van der Waals surface area contributed by atoms with Crippen LogP contribution in [0.5, 0.6) is 0 Å². The number of carbonyl (C=O) groups is 1. The Morgan fingerprint density at radius 2 is 2.11 bits per heavy atom. The first-order valence-electron chi connectivity index (χ1n) is 6.84. The molecule has 0 radical (unpaired) electrons. The third kappa shape index (κ3) is 4.88. The molecule has 1 aliphatic carbocycles. The van der Waals surface area contributed by atoms with E-state index in [0.29, 0.717) is 6.61 Å². The van der Waals surface area contributed by atoms with Gasteiger partial charge in [-0.25, -0.2) is 0 Å². The van der Waals surface area contributed by atoms with E-state index < -0.39 is 0 Å². The Morgan fingerprint density at radius 3 is 2.68 bits per heavy atom. The van der Waals surface area contributed by atoms with Crippen LogP contribution in [0, 0.1) is 0 Å². The van der Waals surface area contributed by atoms with Crippen LogP contribution in [-0.4, -0.2) is 23.9 Å². The SMILES string of the molecule is CCOC(=O)C(C)Sc1ccc(CNC2CC2)cc1. The van der Waals surface area contributed by atoms with Gasteiger partial charge >= 0.3 is 5.97 Å². The van der Waals surface area contributed by atoms with Crippen LogP contribution in [0.3, 0.4) is 0 Å². The molecule has 1 saturated carbocycles. The summed E-state index contributed by atoms with van der Waals surface area (Å²) >= 11 is 1.54. The summed E-state index contributed by atoms with van der Waals surface area (Å²) in [6.07, 6.45) is 2.62. The normalized spacial score (nSPS) is 16.1. The smallest absolute Gasteiger partial charge is 0.319 e. The Labute approximate surface area is 119 Å². The third-order valence-corrected chi connectivity index (χ3v) is 4.12. The van der Waals surface area contributed by atoms with Crippen LogP contribution in [0.15, 0.2) is 29.2 Å². The topological polar surface area (TPSA) is 38.3 Å². The first-order valence-corrected chi connectivity index (χ1v) is 7.72. The molecule has 0 bridgehead atoms. The Hall–Kier alpha value is -1.00. The number of rotatable bonds is 7. The Balaban J connectivity index is 1.81. The Morgan fingerprint density at radius 1 is 1.42 bits per heavy atom. The van der Waals surface area contributed by atoms with Crippen molar-refractivity contribution in [3.05, 3.63) is 29.8 Å². The van der Waals surface area contributed by atoms with Gasteiger partial charge in [-0.3, -0.25) is 4.79 Å². The van der Waals surface area contributed by atoms with Crippen LogP contribution in [-0.2, 0) is 16.1 Å². The molecule has 1 aromatic carbocycles. The zero-order chi connectivity index (χ0) is 13.7. The highest BCUT2D eigenvalue weighted by atomic mass is 32.2. The molecule has 1 N–H and O–H groups in total. The summed E-state index contributed by atoms with van der Waals surface area (Å²) in [5, 5.41) is 3.33. The number of benzene rings is 1.